The zero-order chi connectivity index (χ0) is 23.5. The van der Waals surface area contributed by atoms with Gasteiger partial charge in [0.05, 0.1) is 30.1 Å². The van der Waals surface area contributed by atoms with Crippen LogP contribution in [0.5, 0.6) is 0 Å². The van der Waals surface area contributed by atoms with Crippen LogP contribution in [0.4, 0.5) is 16.0 Å². The van der Waals surface area contributed by atoms with E-state index in [2.05, 4.69) is 15.3 Å². The van der Waals surface area contributed by atoms with Crippen LogP contribution in [-0.2, 0) is 9.53 Å². The average Bonchev–Trinajstić information content (AvgIpc) is 2.80. The lowest BCUT2D eigenvalue weighted by Gasteiger charge is -2.35. The Morgan fingerprint density at radius 1 is 1.39 bits per heavy atom. The quantitative estimate of drug-likeness (QED) is 0.456. The van der Waals surface area contributed by atoms with E-state index in [1.165, 1.54) is 12.3 Å². The van der Waals surface area contributed by atoms with Gasteiger partial charge in [-0.25, -0.2) is 19.4 Å². The third kappa shape index (κ3) is 4.85. The third-order valence-electron chi connectivity index (χ3n) is 6.32. The first-order valence-electron chi connectivity index (χ1n) is 11.0. The summed E-state index contributed by atoms with van der Waals surface area (Å²) < 4.78 is 20.2. The van der Waals surface area contributed by atoms with Gasteiger partial charge in [-0.15, -0.1) is 0 Å². The van der Waals surface area contributed by atoms with Crippen molar-refractivity contribution in [3.05, 3.63) is 35.3 Å². The first kappa shape index (κ1) is 22.8. The first-order valence-corrected chi connectivity index (χ1v) is 11.0. The second-order valence-electron chi connectivity index (χ2n) is 8.53. The van der Waals surface area contributed by atoms with Crippen LogP contribution in [0.15, 0.2) is 23.3 Å². The summed E-state index contributed by atoms with van der Waals surface area (Å²) in [5.41, 5.74) is 7.72. The second-order valence-corrected chi connectivity index (χ2v) is 8.53. The Kier molecular flexibility index (Phi) is 6.64. The molecule has 1 saturated carbocycles. The molecule has 0 spiro atoms. The number of carbonyl (C=O) groups excluding carboxylic acids is 1. The second kappa shape index (κ2) is 9.62. The molecule has 2 aliphatic rings. The van der Waals surface area contributed by atoms with Crippen molar-refractivity contribution in [3.8, 4) is 11.3 Å². The van der Waals surface area contributed by atoms with Crippen molar-refractivity contribution in [1.82, 2.24) is 9.97 Å². The number of hydrogen-bond donors (Lipinski definition) is 3. The first-order chi connectivity index (χ1) is 15.9. The molecule has 4 N–H and O–H groups in total. The van der Waals surface area contributed by atoms with Gasteiger partial charge in [0.2, 0.25) is 5.91 Å². The van der Waals surface area contributed by atoms with Crippen LogP contribution in [0.25, 0.3) is 11.3 Å². The SMILES string of the molecule is COC1CCC(CN2CC(=O)Nc3ncc(-c4cc(F)c(C(N)=NC=N)cc4C)nc32)CC1. The number of fused-ring (bicyclic) bond motifs is 1. The fraction of sp³-hybridized carbons (Fsp3) is 0.435. The number of aromatic nitrogens is 2. The Balaban J connectivity index is 1.63. The van der Waals surface area contributed by atoms with Crippen molar-refractivity contribution in [2.45, 2.75) is 38.7 Å². The molecule has 0 unspecified atom stereocenters. The molecule has 10 heteroatoms. The topological polar surface area (TPSA) is 130 Å². The zero-order valence-corrected chi connectivity index (χ0v) is 18.8. The van der Waals surface area contributed by atoms with Gasteiger partial charge < -0.3 is 20.7 Å². The van der Waals surface area contributed by atoms with E-state index in [-0.39, 0.29) is 23.9 Å². The zero-order valence-electron chi connectivity index (χ0n) is 18.8. The van der Waals surface area contributed by atoms with Crippen LogP contribution in [0.3, 0.4) is 0 Å². The molecular formula is C23H28FN7O2. The number of nitrogens with one attached hydrogen (secondary N) is 2. The highest BCUT2D eigenvalue weighted by atomic mass is 19.1. The van der Waals surface area contributed by atoms with E-state index in [0.29, 0.717) is 41.5 Å². The van der Waals surface area contributed by atoms with E-state index in [0.717, 1.165) is 37.6 Å². The lowest BCUT2D eigenvalue weighted by molar-refractivity contribution is -0.115. The van der Waals surface area contributed by atoms with Crippen molar-refractivity contribution < 1.29 is 13.9 Å². The minimum Gasteiger partial charge on any atom is -0.383 e. The molecule has 0 atom stereocenters. The number of ether oxygens (including phenoxy) is 1. The standard InChI is InChI=1S/C23H28FN7O2/c1-13-7-17(21(26)28-12-25)18(24)8-16(13)19-9-27-22-23(29-19)31(11-20(32)30-22)10-14-3-5-15(33-2)6-4-14/h7-9,12,14-15H,3-6,10-11H2,1-2H3,(H3,25,26,28)(H,27,30,32). The maximum atomic E-state index is 14.8. The summed E-state index contributed by atoms with van der Waals surface area (Å²) in [5, 5.41) is 9.83. The molecule has 9 nitrogen and oxygen atoms in total. The normalized spacial score (nSPS) is 20.9. The van der Waals surface area contributed by atoms with E-state index in [9.17, 15) is 9.18 Å². The molecule has 33 heavy (non-hydrogen) atoms. The number of amides is 1. The van der Waals surface area contributed by atoms with Gasteiger partial charge in [-0.1, -0.05) is 0 Å². The Hall–Kier alpha value is -3.40. The van der Waals surface area contributed by atoms with Gasteiger partial charge >= 0.3 is 0 Å². The number of nitrogens with two attached hydrogens (primary N) is 1. The number of benzene rings is 1. The van der Waals surface area contributed by atoms with Crippen molar-refractivity contribution in [3.63, 3.8) is 0 Å². The Labute approximate surface area is 191 Å². The van der Waals surface area contributed by atoms with E-state index >= 15 is 0 Å². The number of methoxy groups -OCH3 is 1. The average molecular weight is 454 g/mol. The molecule has 1 aliphatic carbocycles. The summed E-state index contributed by atoms with van der Waals surface area (Å²) in [7, 11) is 1.75. The van der Waals surface area contributed by atoms with E-state index < -0.39 is 5.82 Å². The van der Waals surface area contributed by atoms with Crippen LogP contribution in [0, 0.1) is 24.1 Å². The van der Waals surface area contributed by atoms with Crippen LogP contribution < -0.4 is 16.0 Å². The highest BCUT2D eigenvalue weighted by Crippen LogP contribution is 2.33. The molecule has 0 radical (unpaired) electrons. The van der Waals surface area contributed by atoms with Gasteiger partial charge in [0.25, 0.3) is 0 Å². The van der Waals surface area contributed by atoms with Gasteiger partial charge in [0.1, 0.15) is 18.0 Å². The fourth-order valence-corrected chi connectivity index (χ4v) is 4.54. The maximum absolute atomic E-state index is 14.8. The molecule has 1 aromatic heterocycles. The molecule has 0 bridgehead atoms. The molecule has 2 heterocycles. The summed E-state index contributed by atoms with van der Waals surface area (Å²) >= 11 is 0. The number of aryl methyl sites for hydroxylation is 1. The molecule has 1 aromatic carbocycles. The minimum absolute atomic E-state index is 0.0641. The van der Waals surface area contributed by atoms with Gasteiger partial charge in [0, 0.05) is 19.2 Å². The largest absolute Gasteiger partial charge is 0.383 e. The Morgan fingerprint density at radius 3 is 2.85 bits per heavy atom. The predicted molar refractivity (Wildman–Crippen MR) is 125 cm³/mol. The molecule has 0 saturated heterocycles. The number of carbonyl (C=O) groups is 1. The highest BCUT2D eigenvalue weighted by molar-refractivity contribution is 6.02. The van der Waals surface area contributed by atoms with Crippen LogP contribution in [0.2, 0.25) is 0 Å². The summed E-state index contributed by atoms with van der Waals surface area (Å²) in [4.78, 5) is 27.1. The summed E-state index contributed by atoms with van der Waals surface area (Å²) in [6, 6.07) is 2.94. The predicted octanol–water partition coefficient (Wildman–Crippen LogP) is 2.87. The number of rotatable bonds is 6. The number of halogens is 1. The fourth-order valence-electron chi connectivity index (χ4n) is 4.54. The molecular weight excluding hydrogens is 425 g/mol. The summed E-state index contributed by atoms with van der Waals surface area (Å²) in [6.07, 6.45) is 6.70. The van der Waals surface area contributed by atoms with Crippen LogP contribution in [0.1, 0.15) is 36.8 Å². The van der Waals surface area contributed by atoms with Crippen molar-refractivity contribution in [2.75, 3.05) is 30.4 Å². The number of hydrogen-bond acceptors (Lipinski definition) is 6. The monoisotopic (exact) mass is 453 g/mol. The van der Waals surface area contributed by atoms with Crippen molar-refractivity contribution in [1.29, 1.82) is 5.41 Å². The maximum Gasteiger partial charge on any atom is 0.245 e. The Bertz CT molecular complexity index is 1100. The molecule has 1 amide bonds. The number of amidine groups is 1. The lowest BCUT2D eigenvalue weighted by atomic mass is 9.87. The molecule has 1 aliphatic heterocycles. The summed E-state index contributed by atoms with van der Waals surface area (Å²) in [5.74, 6) is 0.703. The van der Waals surface area contributed by atoms with Gasteiger partial charge in [-0.3, -0.25) is 10.2 Å². The van der Waals surface area contributed by atoms with Crippen LogP contribution >= 0.6 is 0 Å². The third-order valence-corrected chi connectivity index (χ3v) is 6.32. The van der Waals surface area contributed by atoms with Crippen LogP contribution in [-0.4, -0.2) is 54.4 Å². The van der Waals surface area contributed by atoms with E-state index in [1.807, 2.05) is 11.8 Å². The Morgan fingerprint density at radius 2 is 2.15 bits per heavy atom. The molecule has 2 aromatic rings. The van der Waals surface area contributed by atoms with Gasteiger partial charge in [-0.05, 0) is 56.2 Å². The number of anilines is 2. The number of aliphatic imine (C=N–C) groups is 1. The van der Waals surface area contributed by atoms with Gasteiger partial charge in [-0.2, -0.15) is 0 Å². The number of nitrogens with zero attached hydrogens (tertiary/aromatic N) is 4. The summed E-state index contributed by atoms with van der Waals surface area (Å²) in [6.45, 7) is 2.74. The van der Waals surface area contributed by atoms with E-state index in [1.54, 1.807) is 13.2 Å². The minimum atomic E-state index is -0.557. The van der Waals surface area contributed by atoms with E-state index in [4.69, 9.17) is 20.9 Å². The molecule has 174 valence electrons. The van der Waals surface area contributed by atoms with Crippen molar-refractivity contribution in [2.24, 2.45) is 16.6 Å². The van der Waals surface area contributed by atoms with Crippen molar-refractivity contribution >= 4 is 29.7 Å². The lowest BCUT2D eigenvalue weighted by Crippen LogP contribution is -2.42. The smallest absolute Gasteiger partial charge is 0.245 e. The highest BCUT2D eigenvalue weighted by Gasteiger charge is 2.29. The molecule has 1 fully saturated rings. The molecule has 4 rings (SSSR count). The van der Waals surface area contributed by atoms with Gasteiger partial charge in [0.15, 0.2) is 11.6 Å².